The second-order valence-corrected chi connectivity index (χ2v) is 9.24. The monoisotopic (exact) mass is 394 g/mol. The molecular formula is C28H42O. The Bertz CT molecular complexity index is 711. The molecule has 1 saturated carbocycles. The highest BCUT2D eigenvalue weighted by Crippen LogP contribution is 2.38. The van der Waals surface area contributed by atoms with E-state index in [9.17, 15) is 0 Å². The maximum absolute atomic E-state index is 5.99. The molecule has 0 atom stereocenters. The van der Waals surface area contributed by atoms with Crippen LogP contribution in [0.25, 0.3) is 10.8 Å². The Morgan fingerprint density at radius 2 is 1.41 bits per heavy atom. The van der Waals surface area contributed by atoms with Crippen molar-refractivity contribution < 1.29 is 4.74 Å². The van der Waals surface area contributed by atoms with E-state index in [1.54, 1.807) is 5.56 Å². The molecule has 1 fully saturated rings. The molecule has 1 aliphatic carbocycles. The van der Waals surface area contributed by atoms with Crippen LogP contribution in [-0.4, -0.2) is 6.61 Å². The molecule has 1 nitrogen and oxygen atoms in total. The van der Waals surface area contributed by atoms with Gasteiger partial charge in [0.15, 0.2) is 0 Å². The van der Waals surface area contributed by atoms with Crippen LogP contribution in [0.15, 0.2) is 36.4 Å². The van der Waals surface area contributed by atoms with Crippen LogP contribution in [-0.2, 0) is 0 Å². The molecule has 2 aromatic carbocycles. The van der Waals surface area contributed by atoms with Crippen molar-refractivity contribution in [3.8, 4) is 5.75 Å². The van der Waals surface area contributed by atoms with Gasteiger partial charge in [-0.05, 0) is 72.4 Å². The van der Waals surface area contributed by atoms with Crippen LogP contribution in [0.4, 0.5) is 0 Å². The van der Waals surface area contributed by atoms with Crippen molar-refractivity contribution in [2.75, 3.05) is 6.61 Å². The van der Waals surface area contributed by atoms with Crippen LogP contribution < -0.4 is 4.74 Å². The van der Waals surface area contributed by atoms with E-state index < -0.39 is 0 Å². The zero-order chi connectivity index (χ0) is 20.3. The summed E-state index contributed by atoms with van der Waals surface area (Å²) in [5.74, 6) is 2.77. The summed E-state index contributed by atoms with van der Waals surface area (Å²) < 4.78 is 5.99. The summed E-state index contributed by atoms with van der Waals surface area (Å²) in [5.41, 5.74) is 1.55. The number of rotatable bonds is 12. The summed E-state index contributed by atoms with van der Waals surface area (Å²) in [4.78, 5) is 0. The summed E-state index contributed by atoms with van der Waals surface area (Å²) >= 11 is 0. The fourth-order valence-corrected chi connectivity index (χ4v) is 4.95. The Hall–Kier alpha value is -1.50. The van der Waals surface area contributed by atoms with E-state index in [4.69, 9.17) is 4.74 Å². The molecule has 1 aliphatic rings. The number of hydrogen-bond donors (Lipinski definition) is 0. The van der Waals surface area contributed by atoms with E-state index >= 15 is 0 Å². The molecule has 0 N–H and O–H groups in total. The van der Waals surface area contributed by atoms with Crippen LogP contribution in [0.3, 0.4) is 0 Å². The second-order valence-electron chi connectivity index (χ2n) is 9.24. The highest BCUT2D eigenvalue weighted by atomic mass is 16.5. The molecular weight excluding hydrogens is 352 g/mol. The SMILES string of the molecule is CCCCCCCOc1ccc2cc(C3CCC(CCCCC)CC3)ccc2c1. The highest BCUT2D eigenvalue weighted by molar-refractivity contribution is 5.84. The smallest absolute Gasteiger partial charge is 0.119 e. The first kappa shape index (κ1) is 22.2. The lowest BCUT2D eigenvalue weighted by Gasteiger charge is -2.29. The average Bonchev–Trinajstić information content (AvgIpc) is 2.76. The predicted octanol–water partition coefficient (Wildman–Crippen LogP) is 9.04. The lowest BCUT2D eigenvalue weighted by Crippen LogP contribution is -2.13. The van der Waals surface area contributed by atoms with Gasteiger partial charge in [0, 0.05) is 0 Å². The first-order valence-corrected chi connectivity index (χ1v) is 12.5. The first-order valence-electron chi connectivity index (χ1n) is 12.5. The van der Waals surface area contributed by atoms with Crippen molar-refractivity contribution in [3.63, 3.8) is 0 Å². The number of unbranched alkanes of at least 4 members (excludes halogenated alkanes) is 6. The van der Waals surface area contributed by atoms with Gasteiger partial charge in [-0.15, -0.1) is 0 Å². The first-order chi connectivity index (χ1) is 14.3. The van der Waals surface area contributed by atoms with Crippen LogP contribution in [0.5, 0.6) is 5.75 Å². The predicted molar refractivity (Wildman–Crippen MR) is 127 cm³/mol. The van der Waals surface area contributed by atoms with Gasteiger partial charge in [0.25, 0.3) is 0 Å². The summed E-state index contributed by atoms with van der Waals surface area (Å²) in [6.07, 6.45) is 17.7. The molecule has 29 heavy (non-hydrogen) atoms. The minimum atomic E-state index is 0.765. The largest absolute Gasteiger partial charge is 0.494 e. The minimum absolute atomic E-state index is 0.765. The Kier molecular flexibility index (Phi) is 9.38. The van der Waals surface area contributed by atoms with Crippen molar-refractivity contribution >= 4 is 10.8 Å². The van der Waals surface area contributed by atoms with E-state index in [-0.39, 0.29) is 0 Å². The Labute approximate surface area is 179 Å². The van der Waals surface area contributed by atoms with Gasteiger partial charge in [-0.1, -0.05) is 89.5 Å². The minimum Gasteiger partial charge on any atom is -0.494 e. The molecule has 0 heterocycles. The number of fused-ring (bicyclic) bond motifs is 1. The van der Waals surface area contributed by atoms with Crippen LogP contribution >= 0.6 is 0 Å². The molecule has 160 valence electrons. The summed E-state index contributed by atoms with van der Waals surface area (Å²) in [6.45, 7) is 5.41. The summed E-state index contributed by atoms with van der Waals surface area (Å²) in [7, 11) is 0. The maximum Gasteiger partial charge on any atom is 0.119 e. The molecule has 0 bridgehead atoms. The highest BCUT2D eigenvalue weighted by Gasteiger charge is 2.22. The quantitative estimate of drug-likeness (QED) is 0.326. The van der Waals surface area contributed by atoms with Crippen molar-refractivity contribution in [2.45, 2.75) is 103 Å². The zero-order valence-corrected chi connectivity index (χ0v) is 18.9. The molecule has 0 amide bonds. The van der Waals surface area contributed by atoms with Gasteiger partial charge in [0.2, 0.25) is 0 Å². The molecule has 1 heteroatoms. The maximum atomic E-state index is 5.99. The lowest BCUT2D eigenvalue weighted by molar-refractivity contribution is 0.303. The fraction of sp³-hybridized carbons (Fsp3) is 0.643. The van der Waals surface area contributed by atoms with Gasteiger partial charge in [0.1, 0.15) is 5.75 Å². The van der Waals surface area contributed by atoms with Gasteiger partial charge >= 0.3 is 0 Å². The van der Waals surface area contributed by atoms with E-state index in [0.717, 1.165) is 30.6 Å². The van der Waals surface area contributed by atoms with Crippen molar-refractivity contribution in [1.82, 2.24) is 0 Å². The summed E-state index contributed by atoms with van der Waals surface area (Å²) in [6, 6.07) is 13.7. The van der Waals surface area contributed by atoms with Crippen molar-refractivity contribution in [3.05, 3.63) is 42.0 Å². The van der Waals surface area contributed by atoms with E-state index in [1.807, 2.05) is 0 Å². The van der Waals surface area contributed by atoms with Gasteiger partial charge in [-0.3, -0.25) is 0 Å². The molecule has 0 radical (unpaired) electrons. The van der Waals surface area contributed by atoms with Crippen LogP contribution in [0.2, 0.25) is 0 Å². The Morgan fingerprint density at radius 1 is 0.724 bits per heavy atom. The molecule has 0 unspecified atom stereocenters. The summed E-state index contributed by atoms with van der Waals surface area (Å²) in [5, 5.41) is 2.67. The zero-order valence-electron chi connectivity index (χ0n) is 18.9. The van der Waals surface area contributed by atoms with Gasteiger partial charge < -0.3 is 4.74 Å². The second kappa shape index (κ2) is 12.3. The molecule has 0 aliphatic heterocycles. The third-order valence-electron chi connectivity index (χ3n) is 6.89. The molecule has 0 aromatic heterocycles. The van der Waals surface area contributed by atoms with E-state index in [1.165, 1.54) is 87.8 Å². The molecule has 0 spiro atoms. The van der Waals surface area contributed by atoms with Crippen LogP contribution in [0, 0.1) is 5.92 Å². The normalized spacial score (nSPS) is 19.5. The van der Waals surface area contributed by atoms with Crippen LogP contribution in [0.1, 0.15) is 109 Å². The number of ether oxygens (including phenoxy) is 1. The average molecular weight is 395 g/mol. The fourth-order valence-electron chi connectivity index (χ4n) is 4.95. The van der Waals surface area contributed by atoms with E-state index in [0.29, 0.717) is 0 Å². The van der Waals surface area contributed by atoms with Gasteiger partial charge in [0.05, 0.1) is 6.61 Å². The molecule has 0 saturated heterocycles. The molecule has 2 aromatic rings. The third kappa shape index (κ3) is 7.05. The van der Waals surface area contributed by atoms with Crippen molar-refractivity contribution in [2.24, 2.45) is 5.92 Å². The van der Waals surface area contributed by atoms with Crippen molar-refractivity contribution in [1.29, 1.82) is 0 Å². The van der Waals surface area contributed by atoms with Gasteiger partial charge in [-0.25, -0.2) is 0 Å². The Balaban J connectivity index is 1.49. The lowest BCUT2D eigenvalue weighted by atomic mass is 9.77. The van der Waals surface area contributed by atoms with Gasteiger partial charge in [-0.2, -0.15) is 0 Å². The Morgan fingerprint density at radius 3 is 2.21 bits per heavy atom. The molecule has 3 rings (SSSR count). The number of hydrogen-bond acceptors (Lipinski definition) is 1. The third-order valence-corrected chi connectivity index (χ3v) is 6.89. The standard InChI is InChI=1S/C28H42O/c1-3-5-7-8-10-20-29-28-19-18-26-21-25(16-17-27(26)22-28)24-14-12-23(13-15-24)11-9-6-4-2/h16-19,21-24H,3-15,20H2,1-2H3. The number of benzene rings is 2. The topological polar surface area (TPSA) is 9.23 Å². The van der Waals surface area contributed by atoms with E-state index in [2.05, 4.69) is 50.2 Å².